The summed E-state index contributed by atoms with van der Waals surface area (Å²) in [7, 11) is 0. The van der Waals surface area contributed by atoms with Gasteiger partial charge in [-0.15, -0.1) is 0 Å². The Balaban J connectivity index is 1.53. The van der Waals surface area contributed by atoms with Gasteiger partial charge < -0.3 is 9.73 Å². The van der Waals surface area contributed by atoms with Crippen LogP contribution in [0.15, 0.2) is 65.1 Å². The van der Waals surface area contributed by atoms with E-state index in [4.69, 9.17) is 16.0 Å². The molecule has 4 aromatic rings. The van der Waals surface area contributed by atoms with Gasteiger partial charge in [-0.05, 0) is 48.9 Å². The number of hydrogen-bond donors (Lipinski definition) is 1. The first-order chi connectivity index (χ1) is 14.4. The van der Waals surface area contributed by atoms with E-state index in [0.717, 1.165) is 5.56 Å². The number of rotatable bonds is 5. The van der Waals surface area contributed by atoms with Crippen LogP contribution in [0.1, 0.15) is 27.4 Å². The fourth-order valence-electron chi connectivity index (χ4n) is 3.06. The van der Waals surface area contributed by atoms with Crippen molar-refractivity contribution in [2.75, 3.05) is 5.32 Å². The van der Waals surface area contributed by atoms with Crippen molar-refractivity contribution < 1.29 is 14.1 Å². The number of carbonyl (C=O) groups is 1. The van der Waals surface area contributed by atoms with E-state index in [9.17, 15) is 14.9 Å². The van der Waals surface area contributed by atoms with Crippen molar-refractivity contribution >= 4 is 40.0 Å². The van der Waals surface area contributed by atoms with Gasteiger partial charge in [-0.3, -0.25) is 14.9 Å². The van der Waals surface area contributed by atoms with Gasteiger partial charge in [0.1, 0.15) is 5.52 Å². The lowest BCUT2D eigenvalue weighted by molar-refractivity contribution is -0.385. The van der Waals surface area contributed by atoms with Crippen molar-refractivity contribution in [1.29, 1.82) is 0 Å². The number of nitro benzene ring substituents is 1. The first-order valence-corrected chi connectivity index (χ1v) is 9.47. The van der Waals surface area contributed by atoms with E-state index >= 15 is 0 Å². The highest BCUT2D eigenvalue weighted by atomic mass is 35.5. The number of nitrogens with one attached hydrogen (secondary N) is 1. The number of fused-ring (bicyclic) bond motifs is 1. The molecule has 1 amide bonds. The van der Waals surface area contributed by atoms with E-state index < -0.39 is 10.8 Å². The average Bonchev–Trinajstić information content (AvgIpc) is 3.11. The van der Waals surface area contributed by atoms with Crippen LogP contribution in [0.4, 0.5) is 11.4 Å². The number of anilines is 1. The molecule has 1 heterocycles. The molecule has 0 bridgehead atoms. The van der Waals surface area contributed by atoms with E-state index in [-0.39, 0.29) is 11.3 Å². The number of nitro groups is 1. The van der Waals surface area contributed by atoms with Crippen LogP contribution in [-0.2, 0) is 6.42 Å². The van der Waals surface area contributed by atoms with E-state index in [2.05, 4.69) is 10.3 Å². The molecule has 0 aliphatic carbocycles. The fourth-order valence-corrected chi connectivity index (χ4v) is 3.18. The normalized spacial score (nSPS) is 10.9. The zero-order chi connectivity index (χ0) is 21.3. The van der Waals surface area contributed by atoms with Gasteiger partial charge >= 0.3 is 0 Å². The average molecular weight is 422 g/mol. The van der Waals surface area contributed by atoms with Gasteiger partial charge in [-0.25, -0.2) is 4.98 Å². The smallest absolute Gasteiger partial charge is 0.273 e. The zero-order valence-electron chi connectivity index (χ0n) is 15.9. The number of aromatic nitrogens is 1. The van der Waals surface area contributed by atoms with Gasteiger partial charge in [-0.1, -0.05) is 29.8 Å². The van der Waals surface area contributed by atoms with E-state index in [0.29, 0.717) is 39.7 Å². The molecule has 0 atom stereocenters. The minimum Gasteiger partial charge on any atom is -0.440 e. The maximum Gasteiger partial charge on any atom is 0.273 e. The highest BCUT2D eigenvalue weighted by Gasteiger charge is 2.16. The second-order valence-corrected chi connectivity index (χ2v) is 7.24. The first kappa shape index (κ1) is 19.6. The molecular weight excluding hydrogens is 406 g/mol. The van der Waals surface area contributed by atoms with Crippen LogP contribution >= 0.6 is 11.6 Å². The summed E-state index contributed by atoms with van der Waals surface area (Å²) >= 11 is 5.91. The third kappa shape index (κ3) is 4.16. The summed E-state index contributed by atoms with van der Waals surface area (Å²) in [4.78, 5) is 27.6. The lowest BCUT2D eigenvalue weighted by Crippen LogP contribution is -2.12. The van der Waals surface area contributed by atoms with E-state index in [1.165, 1.54) is 6.07 Å². The number of halogens is 1. The molecule has 0 saturated carbocycles. The number of nitrogens with zero attached hydrogens (tertiary/aromatic N) is 2. The lowest BCUT2D eigenvalue weighted by Gasteiger charge is -2.06. The molecule has 150 valence electrons. The van der Waals surface area contributed by atoms with Crippen molar-refractivity contribution in [2.45, 2.75) is 13.3 Å². The Bertz CT molecular complexity index is 1270. The highest BCUT2D eigenvalue weighted by molar-refractivity contribution is 6.30. The predicted octanol–water partition coefficient (Wildman–Crippen LogP) is 5.54. The molecule has 7 nitrogen and oxygen atoms in total. The summed E-state index contributed by atoms with van der Waals surface area (Å²) in [5, 5.41) is 14.5. The fraction of sp³-hybridized carbons (Fsp3) is 0.0909. The summed E-state index contributed by atoms with van der Waals surface area (Å²) < 4.78 is 5.77. The highest BCUT2D eigenvalue weighted by Crippen LogP contribution is 2.24. The van der Waals surface area contributed by atoms with Crippen molar-refractivity contribution in [3.8, 4) is 0 Å². The third-order valence-electron chi connectivity index (χ3n) is 4.63. The molecule has 0 aliphatic rings. The Morgan fingerprint density at radius 2 is 1.90 bits per heavy atom. The molecule has 3 aromatic carbocycles. The van der Waals surface area contributed by atoms with Crippen LogP contribution in [-0.4, -0.2) is 15.8 Å². The number of oxazole rings is 1. The number of benzene rings is 3. The SMILES string of the molecule is Cc1ccc(C(=O)Nc2ccc3oc(Cc4ccc(Cl)cc4)nc3c2)cc1[N+](=O)[O-]. The van der Waals surface area contributed by atoms with Gasteiger partial charge in [0.05, 0.1) is 4.92 Å². The largest absolute Gasteiger partial charge is 0.440 e. The molecule has 0 fully saturated rings. The summed E-state index contributed by atoms with van der Waals surface area (Å²) in [6, 6.07) is 16.9. The molecule has 1 aromatic heterocycles. The number of hydrogen-bond acceptors (Lipinski definition) is 5. The summed E-state index contributed by atoms with van der Waals surface area (Å²) in [5.74, 6) is 0.104. The molecule has 8 heteroatoms. The van der Waals surface area contributed by atoms with E-state index in [1.54, 1.807) is 37.3 Å². The Morgan fingerprint density at radius 3 is 2.63 bits per heavy atom. The van der Waals surface area contributed by atoms with Gasteiger partial charge in [0.25, 0.3) is 11.6 Å². The molecule has 4 rings (SSSR count). The van der Waals surface area contributed by atoms with Gasteiger partial charge in [0.15, 0.2) is 11.5 Å². The number of aryl methyl sites for hydroxylation is 1. The van der Waals surface area contributed by atoms with Gasteiger partial charge in [-0.2, -0.15) is 0 Å². The standard InChI is InChI=1S/C22H16ClN3O4/c1-13-2-5-15(11-19(13)26(28)29)22(27)24-17-8-9-20-18(12-17)25-21(30-20)10-14-3-6-16(23)7-4-14/h2-9,11-12H,10H2,1H3,(H,24,27). The van der Waals surface area contributed by atoms with Crippen molar-refractivity contribution in [2.24, 2.45) is 0 Å². The Labute approximate surface area is 176 Å². The minimum absolute atomic E-state index is 0.0959. The Kier molecular flexibility index (Phi) is 5.20. The molecule has 1 N–H and O–H groups in total. The molecule has 0 radical (unpaired) electrons. The molecule has 30 heavy (non-hydrogen) atoms. The Hall–Kier alpha value is -3.71. The van der Waals surface area contributed by atoms with Crippen LogP contribution in [0, 0.1) is 17.0 Å². The monoisotopic (exact) mass is 421 g/mol. The zero-order valence-corrected chi connectivity index (χ0v) is 16.6. The van der Waals surface area contributed by atoms with Crippen molar-refractivity contribution in [3.63, 3.8) is 0 Å². The molecule has 0 spiro atoms. The van der Waals surface area contributed by atoms with Crippen LogP contribution in [0.3, 0.4) is 0 Å². The molecular formula is C22H16ClN3O4. The van der Waals surface area contributed by atoms with E-state index in [1.807, 2.05) is 24.3 Å². The van der Waals surface area contributed by atoms with Crippen LogP contribution in [0.2, 0.25) is 5.02 Å². The predicted molar refractivity (Wildman–Crippen MR) is 114 cm³/mol. The molecule has 0 aliphatic heterocycles. The second kappa shape index (κ2) is 7.96. The number of amides is 1. The summed E-state index contributed by atoms with van der Waals surface area (Å²) in [6.07, 6.45) is 0.514. The minimum atomic E-state index is -0.504. The molecule has 0 saturated heterocycles. The first-order valence-electron chi connectivity index (χ1n) is 9.09. The topological polar surface area (TPSA) is 98.3 Å². The maximum atomic E-state index is 12.5. The third-order valence-corrected chi connectivity index (χ3v) is 4.88. The van der Waals surface area contributed by atoms with Crippen molar-refractivity contribution in [1.82, 2.24) is 4.98 Å². The lowest BCUT2D eigenvalue weighted by atomic mass is 10.1. The second-order valence-electron chi connectivity index (χ2n) is 6.81. The maximum absolute atomic E-state index is 12.5. The van der Waals surface area contributed by atoms with Crippen LogP contribution in [0.5, 0.6) is 0 Å². The Morgan fingerprint density at radius 1 is 1.13 bits per heavy atom. The quantitative estimate of drug-likeness (QED) is 0.337. The van der Waals surface area contributed by atoms with Gasteiger partial charge in [0, 0.05) is 34.3 Å². The summed E-state index contributed by atoms with van der Waals surface area (Å²) in [5.41, 5.74) is 3.34. The van der Waals surface area contributed by atoms with Crippen molar-refractivity contribution in [3.05, 3.63) is 98.4 Å². The molecule has 0 unspecified atom stereocenters. The number of carbonyl (C=O) groups excluding carboxylic acids is 1. The van der Waals surface area contributed by atoms with Crippen LogP contribution in [0.25, 0.3) is 11.1 Å². The van der Waals surface area contributed by atoms with Gasteiger partial charge in [0.2, 0.25) is 0 Å². The summed E-state index contributed by atoms with van der Waals surface area (Å²) in [6.45, 7) is 1.62. The van der Waals surface area contributed by atoms with Crippen LogP contribution < -0.4 is 5.32 Å².